The van der Waals surface area contributed by atoms with E-state index >= 15 is 0 Å². The Morgan fingerprint density at radius 2 is 1.76 bits per heavy atom. The summed E-state index contributed by atoms with van der Waals surface area (Å²) in [5.41, 5.74) is 0.573. The largest absolute Gasteiger partial charge is 0.335 e. The Kier molecular flexibility index (Phi) is 5.82. The molecule has 0 unspecified atom stereocenters. The molecule has 0 aliphatic carbocycles. The first-order valence-electron chi connectivity index (χ1n) is 7.83. The highest BCUT2D eigenvalue weighted by Gasteiger charge is 2.24. The molecule has 1 aromatic heterocycles. The van der Waals surface area contributed by atoms with E-state index in [0.29, 0.717) is 31.9 Å². The predicted molar refractivity (Wildman–Crippen MR) is 99.4 cm³/mol. The zero-order valence-corrected chi connectivity index (χ0v) is 15.8. The Balaban J connectivity index is 1.46. The molecule has 1 fully saturated rings. The number of halogens is 2. The number of hydrogen-bond acceptors (Lipinski definition) is 4. The van der Waals surface area contributed by atoms with Gasteiger partial charge in [0.1, 0.15) is 5.82 Å². The molecule has 8 heteroatoms. The fourth-order valence-electron chi connectivity index (χ4n) is 2.63. The van der Waals surface area contributed by atoms with Gasteiger partial charge in [-0.05, 0) is 52.3 Å². The molecule has 1 saturated heterocycles. The summed E-state index contributed by atoms with van der Waals surface area (Å²) in [6.07, 6.45) is 0. The highest BCUT2D eigenvalue weighted by Crippen LogP contribution is 2.23. The van der Waals surface area contributed by atoms with E-state index < -0.39 is 0 Å². The second-order valence-corrected chi connectivity index (χ2v) is 8.19. The second kappa shape index (κ2) is 8.07. The summed E-state index contributed by atoms with van der Waals surface area (Å²) in [6.45, 7) is 2.74. The molecule has 5 nitrogen and oxygen atoms in total. The van der Waals surface area contributed by atoms with Crippen LogP contribution in [0.25, 0.3) is 0 Å². The van der Waals surface area contributed by atoms with Crippen LogP contribution in [-0.4, -0.2) is 54.3 Å². The smallest absolute Gasteiger partial charge is 0.264 e. The first-order valence-corrected chi connectivity index (χ1v) is 9.44. The lowest BCUT2D eigenvalue weighted by Gasteiger charge is -2.34. The van der Waals surface area contributed by atoms with E-state index in [4.69, 9.17) is 0 Å². The third-order valence-electron chi connectivity index (χ3n) is 3.94. The maximum Gasteiger partial charge on any atom is 0.264 e. The van der Waals surface area contributed by atoms with Crippen LogP contribution in [0.2, 0.25) is 0 Å². The summed E-state index contributed by atoms with van der Waals surface area (Å²) >= 11 is 4.79. The van der Waals surface area contributed by atoms with Gasteiger partial charge in [-0.25, -0.2) is 4.39 Å². The first kappa shape index (κ1) is 18.0. The molecule has 1 N–H and O–H groups in total. The quantitative estimate of drug-likeness (QED) is 0.818. The first-order chi connectivity index (χ1) is 12.0. The molecular weight excluding hydrogens is 409 g/mol. The summed E-state index contributed by atoms with van der Waals surface area (Å²) < 4.78 is 13.8. The number of nitrogens with one attached hydrogen (secondary N) is 1. The Morgan fingerprint density at radius 1 is 1.08 bits per heavy atom. The molecule has 0 spiro atoms. The van der Waals surface area contributed by atoms with Crippen molar-refractivity contribution in [1.29, 1.82) is 0 Å². The topological polar surface area (TPSA) is 52.7 Å². The Hall–Kier alpha value is -1.77. The van der Waals surface area contributed by atoms with Crippen molar-refractivity contribution in [3.8, 4) is 0 Å². The minimum atomic E-state index is -0.337. The predicted octanol–water partition coefficient (Wildman–Crippen LogP) is 3.05. The second-order valence-electron chi connectivity index (χ2n) is 5.73. The van der Waals surface area contributed by atoms with E-state index in [1.54, 1.807) is 0 Å². The molecule has 0 saturated carbocycles. The van der Waals surface area contributed by atoms with Crippen LogP contribution in [0.4, 0.5) is 10.1 Å². The molecule has 2 aromatic rings. The normalized spacial score (nSPS) is 15.2. The van der Waals surface area contributed by atoms with Crippen molar-refractivity contribution in [3.63, 3.8) is 0 Å². The molecule has 1 aromatic carbocycles. The van der Waals surface area contributed by atoms with E-state index in [1.807, 2.05) is 21.9 Å². The van der Waals surface area contributed by atoms with Crippen LogP contribution in [0.5, 0.6) is 0 Å². The minimum Gasteiger partial charge on any atom is -0.335 e. The molecule has 1 aliphatic rings. The number of hydrogen-bond donors (Lipinski definition) is 1. The summed E-state index contributed by atoms with van der Waals surface area (Å²) in [5.74, 6) is -0.448. The van der Waals surface area contributed by atoms with Gasteiger partial charge in [-0.15, -0.1) is 11.3 Å². The van der Waals surface area contributed by atoms with Crippen LogP contribution < -0.4 is 5.32 Å². The lowest BCUT2D eigenvalue weighted by molar-refractivity contribution is -0.117. The maximum atomic E-state index is 12.9. The van der Waals surface area contributed by atoms with Crippen molar-refractivity contribution in [2.24, 2.45) is 0 Å². The molecule has 3 rings (SSSR count). The van der Waals surface area contributed by atoms with Gasteiger partial charge in [-0.3, -0.25) is 14.5 Å². The van der Waals surface area contributed by atoms with Gasteiger partial charge in [0.05, 0.1) is 15.2 Å². The van der Waals surface area contributed by atoms with Gasteiger partial charge in [-0.2, -0.15) is 0 Å². The van der Waals surface area contributed by atoms with Crippen LogP contribution in [0.15, 0.2) is 40.2 Å². The van der Waals surface area contributed by atoms with Gasteiger partial charge in [0.15, 0.2) is 0 Å². The van der Waals surface area contributed by atoms with E-state index in [0.717, 1.165) is 8.66 Å². The maximum absolute atomic E-state index is 12.9. The van der Waals surface area contributed by atoms with Crippen molar-refractivity contribution >= 4 is 44.8 Å². The zero-order valence-electron chi connectivity index (χ0n) is 13.4. The number of benzene rings is 1. The molecule has 2 amide bonds. The summed E-state index contributed by atoms with van der Waals surface area (Å²) in [5, 5.41) is 2.75. The molecule has 0 atom stereocenters. The monoisotopic (exact) mass is 425 g/mol. The number of nitrogens with zero attached hydrogens (tertiary/aromatic N) is 2. The Morgan fingerprint density at radius 3 is 2.36 bits per heavy atom. The molecular formula is C17H17BrFN3O2S. The molecule has 1 aliphatic heterocycles. The Bertz CT molecular complexity index is 758. The molecule has 0 radical (unpaired) electrons. The number of anilines is 1. The molecule has 132 valence electrons. The van der Waals surface area contributed by atoms with Crippen molar-refractivity contribution in [2.75, 3.05) is 38.0 Å². The number of carbonyl (C=O) groups is 2. The van der Waals surface area contributed by atoms with Gasteiger partial charge in [0.2, 0.25) is 5.91 Å². The minimum absolute atomic E-state index is 0.0334. The fourth-order valence-corrected chi connectivity index (χ4v) is 3.98. The van der Waals surface area contributed by atoms with Crippen molar-refractivity contribution < 1.29 is 14.0 Å². The molecule has 0 bridgehead atoms. The SMILES string of the molecule is O=C(CN1CCN(C(=O)c2ccc(Br)s2)CC1)Nc1ccc(F)cc1. The molecule has 25 heavy (non-hydrogen) atoms. The number of thiophene rings is 1. The highest BCUT2D eigenvalue weighted by molar-refractivity contribution is 9.11. The van der Waals surface area contributed by atoms with Gasteiger partial charge >= 0.3 is 0 Å². The fraction of sp³-hybridized carbons (Fsp3) is 0.294. The van der Waals surface area contributed by atoms with Crippen molar-refractivity contribution in [2.45, 2.75) is 0 Å². The summed E-state index contributed by atoms with van der Waals surface area (Å²) in [7, 11) is 0. The summed E-state index contributed by atoms with van der Waals surface area (Å²) in [6, 6.07) is 9.37. The lowest BCUT2D eigenvalue weighted by Crippen LogP contribution is -2.50. The third kappa shape index (κ3) is 4.87. The van der Waals surface area contributed by atoms with Gasteiger partial charge in [-0.1, -0.05) is 0 Å². The van der Waals surface area contributed by atoms with Crippen molar-refractivity contribution in [3.05, 3.63) is 50.9 Å². The third-order valence-corrected chi connectivity index (χ3v) is 5.55. The van der Waals surface area contributed by atoms with Crippen LogP contribution >= 0.6 is 27.3 Å². The molecule has 2 heterocycles. The number of rotatable bonds is 4. The van der Waals surface area contributed by atoms with E-state index in [1.165, 1.54) is 35.6 Å². The average Bonchev–Trinajstić information content (AvgIpc) is 3.03. The van der Waals surface area contributed by atoms with Crippen LogP contribution in [0.1, 0.15) is 9.67 Å². The Labute approximate surface area is 157 Å². The average molecular weight is 426 g/mol. The number of piperazine rings is 1. The number of carbonyl (C=O) groups excluding carboxylic acids is 2. The number of amides is 2. The van der Waals surface area contributed by atoms with Gasteiger partial charge < -0.3 is 10.2 Å². The highest BCUT2D eigenvalue weighted by atomic mass is 79.9. The van der Waals surface area contributed by atoms with Crippen LogP contribution in [-0.2, 0) is 4.79 Å². The van der Waals surface area contributed by atoms with Gasteiger partial charge in [0, 0.05) is 31.9 Å². The van der Waals surface area contributed by atoms with Gasteiger partial charge in [0.25, 0.3) is 5.91 Å². The van der Waals surface area contributed by atoms with Crippen LogP contribution in [0, 0.1) is 5.82 Å². The standard InChI is InChI=1S/C17H17BrFN3O2S/c18-15-6-5-14(25-15)17(24)22-9-7-21(8-10-22)11-16(23)20-13-3-1-12(19)2-4-13/h1-6H,7-11H2,(H,20,23). The lowest BCUT2D eigenvalue weighted by atomic mass is 10.2. The van der Waals surface area contributed by atoms with E-state index in [9.17, 15) is 14.0 Å². The summed E-state index contributed by atoms with van der Waals surface area (Å²) in [4.78, 5) is 29.0. The van der Waals surface area contributed by atoms with Crippen LogP contribution in [0.3, 0.4) is 0 Å². The van der Waals surface area contributed by atoms with E-state index in [2.05, 4.69) is 21.2 Å². The van der Waals surface area contributed by atoms with E-state index in [-0.39, 0.29) is 24.2 Å². The van der Waals surface area contributed by atoms with Crippen molar-refractivity contribution in [1.82, 2.24) is 9.80 Å². The zero-order chi connectivity index (χ0) is 17.8.